The molecule has 0 saturated carbocycles. The molecule has 1 aromatic carbocycles. The van der Waals surface area contributed by atoms with Gasteiger partial charge in [0.2, 0.25) is 5.78 Å². The number of nitrogen functional groups attached to an aromatic ring is 1. The van der Waals surface area contributed by atoms with Crippen LogP contribution in [0.1, 0.15) is 15.2 Å². The predicted molar refractivity (Wildman–Crippen MR) is 66.3 cm³/mol. The average Bonchev–Trinajstić information content (AvgIpc) is 2.64. The Balaban J connectivity index is 2.46. The fourth-order valence-electron chi connectivity index (χ4n) is 1.28. The molecule has 0 aliphatic carbocycles. The summed E-state index contributed by atoms with van der Waals surface area (Å²) in [7, 11) is 0. The summed E-state index contributed by atoms with van der Waals surface area (Å²) >= 11 is 4.75. The second-order valence-electron chi connectivity index (χ2n) is 3.01. The lowest BCUT2D eigenvalue weighted by Gasteiger charge is -2.02. The van der Waals surface area contributed by atoms with Gasteiger partial charge >= 0.3 is 0 Å². The topological polar surface area (TPSA) is 43.1 Å². The van der Waals surface area contributed by atoms with Crippen molar-refractivity contribution in [2.45, 2.75) is 0 Å². The summed E-state index contributed by atoms with van der Waals surface area (Å²) in [6.45, 7) is 0. The Morgan fingerprint density at radius 1 is 1.27 bits per heavy atom. The minimum absolute atomic E-state index is 0.0324. The van der Waals surface area contributed by atoms with Gasteiger partial charge in [0.05, 0.1) is 4.88 Å². The van der Waals surface area contributed by atoms with Gasteiger partial charge in [0.1, 0.15) is 0 Å². The second kappa shape index (κ2) is 4.16. The van der Waals surface area contributed by atoms with Crippen LogP contribution in [0, 0.1) is 0 Å². The van der Waals surface area contributed by atoms with E-state index in [0.29, 0.717) is 16.1 Å². The molecule has 0 unspecified atom stereocenters. The lowest BCUT2D eigenvalue weighted by atomic mass is 10.1. The number of anilines is 1. The fourth-order valence-corrected chi connectivity index (χ4v) is 2.79. The number of nitrogens with two attached hydrogens (primary N) is 1. The van der Waals surface area contributed by atoms with Crippen LogP contribution in [0.3, 0.4) is 0 Å². The van der Waals surface area contributed by atoms with Crippen LogP contribution in [0.4, 0.5) is 5.69 Å². The molecule has 0 aliphatic heterocycles. The molecule has 0 radical (unpaired) electrons. The Hall–Kier alpha value is -1.13. The number of carbonyl (C=O) groups excluding carboxylic acids is 1. The Morgan fingerprint density at radius 3 is 2.60 bits per heavy atom. The van der Waals surface area contributed by atoms with Gasteiger partial charge in [-0.25, -0.2) is 0 Å². The molecule has 1 aromatic heterocycles. The van der Waals surface area contributed by atoms with Crippen LogP contribution in [0.5, 0.6) is 0 Å². The first-order valence-electron chi connectivity index (χ1n) is 4.32. The van der Waals surface area contributed by atoms with Gasteiger partial charge in [-0.15, -0.1) is 11.3 Å². The molecular formula is C11H8BrNOS. The molecule has 2 N–H and O–H groups in total. The molecule has 0 amide bonds. The number of rotatable bonds is 2. The second-order valence-corrected chi connectivity index (χ2v) is 4.78. The fraction of sp³-hybridized carbons (Fsp3) is 0. The molecule has 2 rings (SSSR count). The maximum atomic E-state index is 12.0. The van der Waals surface area contributed by atoms with Gasteiger partial charge in [-0.3, -0.25) is 4.79 Å². The minimum Gasteiger partial charge on any atom is -0.398 e. The van der Waals surface area contributed by atoms with Crippen molar-refractivity contribution >= 4 is 38.7 Å². The van der Waals surface area contributed by atoms with E-state index in [-0.39, 0.29) is 5.78 Å². The predicted octanol–water partition coefficient (Wildman–Crippen LogP) is 3.32. The number of carbonyl (C=O) groups is 1. The number of thiophene rings is 1. The van der Waals surface area contributed by atoms with E-state index in [9.17, 15) is 4.79 Å². The molecule has 0 atom stereocenters. The van der Waals surface area contributed by atoms with Crippen molar-refractivity contribution in [1.82, 2.24) is 0 Å². The monoisotopic (exact) mass is 281 g/mol. The zero-order chi connectivity index (χ0) is 10.8. The van der Waals surface area contributed by atoms with Crippen molar-refractivity contribution in [2.24, 2.45) is 0 Å². The SMILES string of the molecule is Nc1ccccc1C(=O)c1sccc1Br. The largest absolute Gasteiger partial charge is 0.398 e. The van der Waals surface area contributed by atoms with Crippen molar-refractivity contribution in [3.05, 3.63) is 50.6 Å². The van der Waals surface area contributed by atoms with E-state index in [1.54, 1.807) is 12.1 Å². The molecule has 76 valence electrons. The van der Waals surface area contributed by atoms with Crippen molar-refractivity contribution in [1.29, 1.82) is 0 Å². The standard InChI is InChI=1S/C11H8BrNOS/c12-8-5-6-15-11(8)10(14)7-3-1-2-4-9(7)13/h1-6H,13H2. The van der Waals surface area contributed by atoms with E-state index < -0.39 is 0 Å². The van der Waals surface area contributed by atoms with Crippen molar-refractivity contribution < 1.29 is 4.79 Å². The number of hydrogen-bond acceptors (Lipinski definition) is 3. The quantitative estimate of drug-likeness (QED) is 0.678. The molecule has 0 saturated heterocycles. The lowest BCUT2D eigenvalue weighted by molar-refractivity contribution is 0.104. The first kappa shape index (κ1) is 10.4. The smallest absolute Gasteiger partial charge is 0.206 e. The third-order valence-electron chi connectivity index (χ3n) is 2.03. The van der Waals surface area contributed by atoms with Gasteiger partial charge in [0.25, 0.3) is 0 Å². The van der Waals surface area contributed by atoms with Crippen LogP contribution in [0.25, 0.3) is 0 Å². The molecule has 0 spiro atoms. The van der Waals surface area contributed by atoms with Gasteiger partial charge < -0.3 is 5.73 Å². The highest BCUT2D eigenvalue weighted by Crippen LogP contribution is 2.27. The summed E-state index contributed by atoms with van der Waals surface area (Å²) in [5.74, 6) is -0.0324. The molecule has 2 aromatic rings. The molecule has 0 bridgehead atoms. The minimum atomic E-state index is -0.0324. The van der Waals surface area contributed by atoms with Crippen LogP contribution in [0.15, 0.2) is 40.2 Å². The van der Waals surface area contributed by atoms with Crippen LogP contribution in [-0.2, 0) is 0 Å². The number of hydrogen-bond donors (Lipinski definition) is 1. The number of halogens is 1. The zero-order valence-electron chi connectivity index (χ0n) is 7.74. The van der Waals surface area contributed by atoms with Crippen molar-refractivity contribution in [3.8, 4) is 0 Å². The van der Waals surface area contributed by atoms with E-state index in [1.807, 2.05) is 23.6 Å². The molecule has 0 fully saturated rings. The Morgan fingerprint density at radius 2 is 2.00 bits per heavy atom. The summed E-state index contributed by atoms with van der Waals surface area (Å²) in [5.41, 5.74) is 6.82. The van der Waals surface area contributed by atoms with Crippen LogP contribution < -0.4 is 5.73 Å². The van der Waals surface area contributed by atoms with Crippen molar-refractivity contribution in [2.75, 3.05) is 5.73 Å². The number of benzene rings is 1. The summed E-state index contributed by atoms with van der Waals surface area (Å²) in [6.07, 6.45) is 0. The van der Waals surface area contributed by atoms with Crippen LogP contribution >= 0.6 is 27.3 Å². The van der Waals surface area contributed by atoms with Crippen LogP contribution in [0.2, 0.25) is 0 Å². The summed E-state index contributed by atoms with van der Waals surface area (Å²) < 4.78 is 0.820. The Kier molecular flexibility index (Phi) is 2.88. The first-order valence-corrected chi connectivity index (χ1v) is 5.99. The van der Waals surface area contributed by atoms with E-state index in [2.05, 4.69) is 15.9 Å². The zero-order valence-corrected chi connectivity index (χ0v) is 10.1. The highest BCUT2D eigenvalue weighted by atomic mass is 79.9. The van der Waals surface area contributed by atoms with Gasteiger partial charge in [0, 0.05) is 15.7 Å². The third kappa shape index (κ3) is 1.96. The van der Waals surface area contributed by atoms with E-state index in [4.69, 9.17) is 5.73 Å². The maximum absolute atomic E-state index is 12.0. The summed E-state index contributed by atoms with van der Waals surface area (Å²) in [5, 5.41) is 1.87. The van der Waals surface area contributed by atoms with Gasteiger partial charge in [-0.05, 0) is 39.5 Å². The summed E-state index contributed by atoms with van der Waals surface area (Å²) in [6, 6.07) is 8.95. The maximum Gasteiger partial charge on any atom is 0.206 e. The van der Waals surface area contributed by atoms with E-state index in [0.717, 1.165) is 4.47 Å². The highest BCUT2D eigenvalue weighted by Gasteiger charge is 2.15. The summed E-state index contributed by atoms with van der Waals surface area (Å²) in [4.78, 5) is 12.7. The average molecular weight is 282 g/mol. The normalized spacial score (nSPS) is 10.2. The molecule has 0 aliphatic rings. The van der Waals surface area contributed by atoms with Crippen LogP contribution in [-0.4, -0.2) is 5.78 Å². The molecule has 1 heterocycles. The van der Waals surface area contributed by atoms with Gasteiger partial charge in [-0.2, -0.15) is 0 Å². The van der Waals surface area contributed by atoms with E-state index >= 15 is 0 Å². The molecular weight excluding hydrogens is 274 g/mol. The van der Waals surface area contributed by atoms with Gasteiger partial charge in [-0.1, -0.05) is 12.1 Å². The highest BCUT2D eigenvalue weighted by molar-refractivity contribution is 9.10. The first-order chi connectivity index (χ1) is 7.20. The van der Waals surface area contributed by atoms with E-state index in [1.165, 1.54) is 11.3 Å². The Bertz CT molecular complexity index is 507. The molecule has 15 heavy (non-hydrogen) atoms. The van der Waals surface area contributed by atoms with Gasteiger partial charge in [0.15, 0.2) is 0 Å². The Labute approximate surface area is 99.9 Å². The lowest BCUT2D eigenvalue weighted by Crippen LogP contribution is -2.03. The molecule has 2 nitrogen and oxygen atoms in total. The van der Waals surface area contributed by atoms with Crippen molar-refractivity contribution in [3.63, 3.8) is 0 Å². The number of para-hydroxylation sites is 1. The third-order valence-corrected chi connectivity index (χ3v) is 3.87. The molecule has 4 heteroatoms. The number of ketones is 1.